The third kappa shape index (κ3) is 2.24. The summed E-state index contributed by atoms with van der Waals surface area (Å²) in [6, 6.07) is 3.39. The summed E-state index contributed by atoms with van der Waals surface area (Å²) in [5.74, 6) is 0.433. The van der Waals surface area contributed by atoms with Gasteiger partial charge in [0, 0.05) is 24.0 Å². The molecule has 0 amide bonds. The van der Waals surface area contributed by atoms with Crippen LogP contribution in [-0.4, -0.2) is 28.2 Å². The molecule has 0 aliphatic heterocycles. The molecule has 0 bridgehead atoms. The molecule has 0 saturated carbocycles. The van der Waals surface area contributed by atoms with E-state index in [0.717, 1.165) is 0 Å². The minimum atomic E-state index is -3.90. The predicted molar refractivity (Wildman–Crippen MR) is 65.0 cm³/mol. The van der Waals surface area contributed by atoms with Crippen molar-refractivity contribution in [1.82, 2.24) is 19.7 Å². The van der Waals surface area contributed by atoms with Crippen LogP contribution in [0, 0.1) is 0 Å². The maximum Gasteiger partial charge on any atom is 0.273 e. The highest BCUT2D eigenvalue weighted by Gasteiger charge is 2.23. The van der Waals surface area contributed by atoms with E-state index < -0.39 is 10.0 Å². The Hall–Kier alpha value is -1.80. The van der Waals surface area contributed by atoms with Gasteiger partial charge in [0.05, 0.1) is 0 Å². The molecule has 0 aliphatic carbocycles. The Morgan fingerprint density at radius 1 is 1.33 bits per heavy atom. The molecule has 0 unspecified atom stereocenters. The summed E-state index contributed by atoms with van der Waals surface area (Å²) in [6.07, 6.45) is 3.22. The van der Waals surface area contributed by atoms with Crippen LogP contribution in [0.3, 0.4) is 0 Å². The molecule has 0 saturated heterocycles. The predicted octanol–water partition coefficient (Wildman–Crippen LogP) is 0.568. The van der Waals surface area contributed by atoms with E-state index in [4.69, 9.17) is 5.14 Å². The zero-order valence-corrected chi connectivity index (χ0v) is 10.8. The van der Waals surface area contributed by atoms with Crippen molar-refractivity contribution < 1.29 is 8.42 Å². The smallest absolute Gasteiger partial charge is 0.273 e. The molecule has 0 aromatic carbocycles. The first-order chi connectivity index (χ1) is 8.41. The van der Waals surface area contributed by atoms with Crippen molar-refractivity contribution in [2.24, 2.45) is 5.14 Å². The van der Waals surface area contributed by atoms with Crippen molar-refractivity contribution in [3.8, 4) is 11.4 Å². The van der Waals surface area contributed by atoms with Gasteiger partial charge in [-0.05, 0) is 26.0 Å². The Labute approximate surface area is 105 Å². The van der Waals surface area contributed by atoms with Crippen molar-refractivity contribution in [2.75, 3.05) is 0 Å². The highest BCUT2D eigenvalue weighted by molar-refractivity contribution is 7.89. The summed E-state index contributed by atoms with van der Waals surface area (Å²) in [5.41, 5.74) is 0.689. The number of hydrogen-bond donors (Lipinski definition) is 1. The molecule has 0 atom stereocenters. The maximum absolute atomic E-state index is 11.4. The van der Waals surface area contributed by atoms with Crippen LogP contribution in [0.5, 0.6) is 0 Å². The third-order valence-electron chi connectivity index (χ3n) is 2.36. The van der Waals surface area contributed by atoms with Gasteiger partial charge >= 0.3 is 0 Å². The minimum Gasteiger partial charge on any atom is -0.294 e. The van der Waals surface area contributed by atoms with Crippen LogP contribution in [0.25, 0.3) is 11.4 Å². The first-order valence-electron chi connectivity index (χ1n) is 5.29. The normalized spacial score (nSPS) is 12.0. The van der Waals surface area contributed by atoms with E-state index in [1.807, 2.05) is 13.8 Å². The molecule has 0 fully saturated rings. The fourth-order valence-corrected chi connectivity index (χ4v) is 2.35. The molecule has 18 heavy (non-hydrogen) atoms. The largest absolute Gasteiger partial charge is 0.294 e. The average Bonchev–Trinajstić information content (AvgIpc) is 2.74. The topological polar surface area (TPSA) is 104 Å². The fraction of sp³-hybridized carbons (Fsp3) is 0.300. The molecule has 0 radical (unpaired) electrons. The molecule has 8 heteroatoms. The Morgan fingerprint density at radius 3 is 2.56 bits per heavy atom. The van der Waals surface area contributed by atoms with Crippen molar-refractivity contribution >= 4 is 10.0 Å². The number of rotatable bonds is 3. The lowest BCUT2D eigenvalue weighted by molar-refractivity contribution is 0.524. The van der Waals surface area contributed by atoms with E-state index in [-0.39, 0.29) is 11.2 Å². The van der Waals surface area contributed by atoms with Gasteiger partial charge in [-0.25, -0.2) is 13.6 Å². The first kappa shape index (κ1) is 12.7. The lowest BCUT2D eigenvalue weighted by Gasteiger charge is -2.12. The molecular weight excluding hydrogens is 254 g/mol. The van der Waals surface area contributed by atoms with Gasteiger partial charge in [-0.3, -0.25) is 9.55 Å². The second-order valence-electron chi connectivity index (χ2n) is 4.06. The molecule has 2 aromatic rings. The minimum absolute atomic E-state index is 0.136. The highest BCUT2D eigenvalue weighted by atomic mass is 32.2. The van der Waals surface area contributed by atoms with Crippen molar-refractivity contribution in [3.63, 3.8) is 0 Å². The average molecular weight is 267 g/mol. The number of nitrogens with two attached hydrogens (primary N) is 1. The number of aromatic nitrogens is 4. The third-order valence-corrected chi connectivity index (χ3v) is 3.14. The fourth-order valence-electron chi connectivity index (χ4n) is 1.63. The summed E-state index contributed by atoms with van der Waals surface area (Å²) < 4.78 is 24.4. The van der Waals surface area contributed by atoms with E-state index in [1.165, 1.54) is 4.57 Å². The Kier molecular flexibility index (Phi) is 3.14. The molecule has 2 rings (SSSR count). The molecule has 0 spiro atoms. The van der Waals surface area contributed by atoms with Crippen LogP contribution in [-0.2, 0) is 10.0 Å². The van der Waals surface area contributed by atoms with Gasteiger partial charge in [0.15, 0.2) is 5.82 Å². The number of sulfonamides is 1. The van der Waals surface area contributed by atoms with Crippen molar-refractivity contribution in [2.45, 2.75) is 25.0 Å². The highest BCUT2D eigenvalue weighted by Crippen LogP contribution is 2.23. The molecule has 7 nitrogen and oxygen atoms in total. The van der Waals surface area contributed by atoms with Gasteiger partial charge in [-0.15, -0.1) is 10.2 Å². The Balaban J connectivity index is 2.68. The SMILES string of the molecule is CC(C)n1c(-c2cccnc2)nnc1S(N)(=O)=O. The summed E-state index contributed by atoms with van der Waals surface area (Å²) in [5, 5.41) is 12.4. The van der Waals surface area contributed by atoms with Crippen LogP contribution in [0.15, 0.2) is 29.7 Å². The zero-order valence-electron chi connectivity index (χ0n) is 9.98. The number of pyridine rings is 1. The van der Waals surface area contributed by atoms with Crippen LogP contribution in [0.2, 0.25) is 0 Å². The van der Waals surface area contributed by atoms with Crippen LogP contribution in [0.4, 0.5) is 0 Å². The summed E-state index contributed by atoms with van der Waals surface area (Å²) in [4.78, 5) is 3.97. The van der Waals surface area contributed by atoms with Gasteiger partial charge < -0.3 is 0 Å². The summed E-state index contributed by atoms with van der Waals surface area (Å²) in [6.45, 7) is 3.66. The number of hydrogen-bond acceptors (Lipinski definition) is 5. The maximum atomic E-state index is 11.4. The van der Waals surface area contributed by atoms with Crippen molar-refractivity contribution in [1.29, 1.82) is 0 Å². The quantitative estimate of drug-likeness (QED) is 0.875. The molecule has 96 valence electrons. The van der Waals surface area contributed by atoms with Crippen LogP contribution in [0.1, 0.15) is 19.9 Å². The van der Waals surface area contributed by atoms with Gasteiger partial charge in [0.25, 0.3) is 15.2 Å². The molecular formula is C10H13N5O2S. The molecule has 0 aliphatic rings. The van der Waals surface area contributed by atoms with Crippen molar-refractivity contribution in [3.05, 3.63) is 24.5 Å². The second kappa shape index (κ2) is 4.46. The van der Waals surface area contributed by atoms with Gasteiger partial charge in [0.1, 0.15) is 0 Å². The summed E-state index contributed by atoms with van der Waals surface area (Å²) >= 11 is 0. The monoisotopic (exact) mass is 267 g/mol. The van der Waals surface area contributed by atoms with Crippen LogP contribution >= 0.6 is 0 Å². The van der Waals surface area contributed by atoms with E-state index in [1.54, 1.807) is 24.5 Å². The van der Waals surface area contributed by atoms with Crippen LogP contribution < -0.4 is 5.14 Å². The lowest BCUT2D eigenvalue weighted by atomic mass is 10.2. The molecule has 2 aromatic heterocycles. The van der Waals surface area contributed by atoms with Gasteiger partial charge in [0.2, 0.25) is 0 Å². The van der Waals surface area contributed by atoms with E-state index in [2.05, 4.69) is 15.2 Å². The summed E-state index contributed by atoms with van der Waals surface area (Å²) in [7, 11) is -3.90. The van der Waals surface area contributed by atoms with E-state index in [0.29, 0.717) is 11.4 Å². The van der Waals surface area contributed by atoms with E-state index in [9.17, 15) is 8.42 Å². The number of primary sulfonamides is 1. The van der Waals surface area contributed by atoms with E-state index >= 15 is 0 Å². The zero-order chi connectivity index (χ0) is 13.3. The first-order valence-corrected chi connectivity index (χ1v) is 6.84. The number of nitrogens with zero attached hydrogens (tertiary/aromatic N) is 4. The standard InChI is InChI=1S/C10H13N5O2S/c1-7(2)15-9(8-4-3-5-12-6-8)13-14-10(15)18(11,16)17/h3-7H,1-2H3,(H2,11,16,17). The second-order valence-corrected chi connectivity index (χ2v) is 5.51. The van der Waals surface area contributed by atoms with Gasteiger partial charge in [-0.2, -0.15) is 0 Å². The Morgan fingerprint density at radius 2 is 2.06 bits per heavy atom. The molecule has 2 N–H and O–H groups in total. The lowest BCUT2D eigenvalue weighted by Crippen LogP contribution is -2.20. The van der Waals surface area contributed by atoms with Gasteiger partial charge in [-0.1, -0.05) is 0 Å². The molecule has 2 heterocycles. The Bertz CT molecular complexity index is 648.